The number of imidazole rings is 1. The van der Waals surface area contributed by atoms with Crippen molar-refractivity contribution in [3.63, 3.8) is 0 Å². The second-order valence-corrected chi connectivity index (χ2v) is 12.7. The summed E-state index contributed by atoms with van der Waals surface area (Å²) in [7, 11) is 2.77. The molecule has 0 amide bonds. The number of benzene rings is 1. The van der Waals surface area contributed by atoms with Crippen LogP contribution in [-0.2, 0) is 25.1 Å². The first kappa shape index (κ1) is 25.0. The zero-order chi connectivity index (χ0) is 27.8. The third-order valence-corrected chi connectivity index (χ3v) is 9.92. The molecule has 0 radical (unpaired) electrons. The lowest BCUT2D eigenvalue weighted by Gasteiger charge is -2.52. The minimum atomic E-state index is -0.925. The first-order valence-corrected chi connectivity index (χ1v) is 15.0. The van der Waals surface area contributed by atoms with E-state index in [0.717, 1.165) is 77.6 Å². The average Bonchev–Trinajstić information content (AvgIpc) is 3.61. The van der Waals surface area contributed by atoms with E-state index in [1.54, 1.807) is 21.7 Å². The zero-order valence-electron chi connectivity index (χ0n) is 22.7. The fourth-order valence-corrected chi connectivity index (χ4v) is 7.67. The number of aromatic amines is 1. The Kier molecular flexibility index (Phi) is 5.63. The summed E-state index contributed by atoms with van der Waals surface area (Å²) in [5, 5.41) is 14.7. The number of nitrogens with one attached hydrogen (secondary N) is 1. The highest BCUT2D eigenvalue weighted by molar-refractivity contribution is 7.81. The number of H-pyrrole nitrogens is 1. The van der Waals surface area contributed by atoms with E-state index in [9.17, 15) is 14.3 Å². The van der Waals surface area contributed by atoms with Crippen molar-refractivity contribution < 1.29 is 4.21 Å². The molecular weight excluding hydrogens is 524 g/mol. The molecule has 7 rings (SSSR count). The molecule has 5 aromatic rings. The second kappa shape index (κ2) is 9.01. The summed E-state index contributed by atoms with van der Waals surface area (Å²) in [6.45, 7) is 1.74. The molecular formula is C29H30N8O2S. The number of aromatic nitrogens is 6. The first-order valence-electron chi connectivity index (χ1n) is 13.5. The first-order chi connectivity index (χ1) is 19.3. The van der Waals surface area contributed by atoms with Gasteiger partial charge >= 0.3 is 5.69 Å². The van der Waals surface area contributed by atoms with Crippen LogP contribution in [0.1, 0.15) is 37.3 Å². The van der Waals surface area contributed by atoms with Crippen LogP contribution in [0.25, 0.3) is 44.5 Å². The summed E-state index contributed by atoms with van der Waals surface area (Å²) in [5.41, 5.74) is 6.81. The Morgan fingerprint density at radius 1 is 1.10 bits per heavy atom. The number of rotatable bonds is 4. The fraction of sp³-hybridized carbons (Fsp3) is 0.379. The number of fused-ring (bicyclic) bond motifs is 3. The third kappa shape index (κ3) is 3.70. The molecule has 5 heterocycles. The van der Waals surface area contributed by atoms with Gasteiger partial charge in [-0.2, -0.15) is 10.4 Å². The van der Waals surface area contributed by atoms with Crippen molar-refractivity contribution in [2.24, 2.45) is 19.5 Å². The summed E-state index contributed by atoms with van der Waals surface area (Å²) < 4.78 is 19.4. The predicted molar refractivity (Wildman–Crippen MR) is 155 cm³/mol. The molecule has 204 valence electrons. The number of nitrogens with zero attached hydrogens (tertiary/aromatic N) is 7. The third-order valence-electron chi connectivity index (χ3n) is 8.94. The highest BCUT2D eigenvalue weighted by Gasteiger charge is 2.47. The van der Waals surface area contributed by atoms with E-state index in [-0.39, 0.29) is 17.1 Å². The largest absolute Gasteiger partial charge is 0.339 e. The van der Waals surface area contributed by atoms with E-state index in [2.05, 4.69) is 16.2 Å². The Hall–Kier alpha value is -4.01. The maximum absolute atomic E-state index is 13.8. The lowest BCUT2D eigenvalue weighted by Crippen LogP contribution is -2.57. The van der Waals surface area contributed by atoms with Crippen LogP contribution in [0.3, 0.4) is 0 Å². The average molecular weight is 555 g/mol. The van der Waals surface area contributed by atoms with Gasteiger partial charge in [0.05, 0.1) is 57.1 Å². The standard InChI is InChI=1S/C29H30N8O2S/c1-34-15-20(13-32-34)25-23(19-6-4-18(12-30)5-7-19)24-26-22(14-31-27(24)33-25)35(2)28(38)37(26)21-8-10-29(11-9-21)16-36(17-29)40(3)39/h4-7,13-15,21H,8-11,16-17H2,1-3H3,(H,31,33). The van der Waals surface area contributed by atoms with Gasteiger partial charge in [-0.1, -0.05) is 12.1 Å². The normalized spacial score (nSPS) is 18.4. The molecule has 1 spiro atoms. The highest BCUT2D eigenvalue weighted by Crippen LogP contribution is 2.48. The molecule has 40 heavy (non-hydrogen) atoms. The van der Waals surface area contributed by atoms with E-state index in [1.165, 1.54) is 0 Å². The fourth-order valence-electron chi connectivity index (χ4n) is 6.76. The number of aryl methyl sites for hydroxylation is 2. The Morgan fingerprint density at radius 2 is 1.82 bits per heavy atom. The van der Waals surface area contributed by atoms with Gasteiger partial charge in [0, 0.05) is 56.8 Å². The van der Waals surface area contributed by atoms with Gasteiger partial charge in [0.25, 0.3) is 0 Å². The molecule has 11 heteroatoms. The van der Waals surface area contributed by atoms with Crippen LogP contribution in [0.5, 0.6) is 0 Å². The smallest absolute Gasteiger partial charge is 0.329 e. The van der Waals surface area contributed by atoms with Crippen LogP contribution in [0.4, 0.5) is 0 Å². The molecule has 1 aromatic carbocycles. The van der Waals surface area contributed by atoms with Gasteiger partial charge in [0.1, 0.15) is 5.65 Å². The van der Waals surface area contributed by atoms with Crippen molar-refractivity contribution in [2.75, 3.05) is 19.3 Å². The van der Waals surface area contributed by atoms with Crippen molar-refractivity contribution in [3.8, 4) is 28.5 Å². The second-order valence-electron chi connectivity index (χ2n) is 11.3. The molecule has 1 aliphatic carbocycles. The van der Waals surface area contributed by atoms with E-state index in [0.29, 0.717) is 11.2 Å². The summed E-state index contributed by atoms with van der Waals surface area (Å²) >= 11 is 0. The van der Waals surface area contributed by atoms with Gasteiger partial charge in [-0.25, -0.2) is 18.3 Å². The van der Waals surface area contributed by atoms with Crippen LogP contribution in [0, 0.1) is 16.7 Å². The summed E-state index contributed by atoms with van der Waals surface area (Å²) in [5.74, 6) is 0. The molecule has 1 atom stereocenters. The van der Waals surface area contributed by atoms with Crippen LogP contribution < -0.4 is 5.69 Å². The summed E-state index contributed by atoms with van der Waals surface area (Å²) in [6.07, 6.45) is 11.1. The van der Waals surface area contributed by atoms with Crippen molar-refractivity contribution in [1.82, 2.24) is 33.2 Å². The van der Waals surface area contributed by atoms with Crippen molar-refractivity contribution in [3.05, 3.63) is 58.9 Å². The minimum Gasteiger partial charge on any atom is -0.339 e. The topological polar surface area (TPSA) is 118 Å². The maximum Gasteiger partial charge on any atom is 0.329 e. The van der Waals surface area contributed by atoms with Gasteiger partial charge in [-0.3, -0.25) is 13.8 Å². The Balaban J connectivity index is 1.42. The van der Waals surface area contributed by atoms with E-state index in [1.807, 2.05) is 59.6 Å². The SMILES string of the molecule is Cn1cc(-c2[nH]c3ncc4c(c3c2-c2ccc(C#N)cc2)n(C2CCC3(CC2)CN(S(C)=O)C3)c(=O)n4C)cn1. The number of hydrogen-bond acceptors (Lipinski definition) is 5. The van der Waals surface area contributed by atoms with Gasteiger partial charge in [-0.15, -0.1) is 0 Å². The molecule has 4 aromatic heterocycles. The monoisotopic (exact) mass is 554 g/mol. The Bertz CT molecular complexity index is 1900. The number of pyridine rings is 1. The van der Waals surface area contributed by atoms with Crippen LogP contribution in [0.15, 0.2) is 47.7 Å². The van der Waals surface area contributed by atoms with E-state index in [4.69, 9.17) is 4.98 Å². The zero-order valence-corrected chi connectivity index (χ0v) is 23.5. The van der Waals surface area contributed by atoms with Gasteiger partial charge in [-0.05, 0) is 48.8 Å². The quantitative estimate of drug-likeness (QED) is 0.362. The van der Waals surface area contributed by atoms with Crippen LogP contribution in [-0.4, -0.2) is 56.7 Å². The molecule has 10 nitrogen and oxygen atoms in total. The Morgan fingerprint density at radius 3 is 2.45 bits per heavy atom. The van der Waals surface area contributed by atoms with Crippen molar-refractivity contribution in [2.45, 2.75) is 31.7 Å². The van der Waals surface area contributed by atoms with E-state index >= 15 is 0 Å². The molecule has 1 aliphatic heterocycles. The lowest BCUT2D eigenvalue weighted by molar-refractivity contribution is 0.0209. The minimum absolute atomic E-state index is 0.0370. The molecule has 0 bridgehead atoms. The van der Waals surface area contributed by atoms with Crippen LogP contribution >= 0.6 is 0 Å². The van der Waals surface area contributed by atoms with Crippen LogP contribution in [0.2, 0.25) is 0 Å². The molecule has 1 saturated heterocycles. The number of nitriles is 1. The Labute approximate surface area is 233 Å². The van der Waals surface area contributed by atoms with Crippen molar-refractivity contribution >= 4 is 33.1 Å². The maximum atomic E-state index is 13.8. The van der Waals surface area contributed by atoms with E-state index < -0.39 is 11.0 Å². The molecule has 1 saturated carbocycles. The van der Waals surface area contributed by atoms with Gasteiger partial charge < -0.3 is 4.98 Å². The molecule has 1 unspecified atom stereocenters. The van der Waals surface area contributed by atoms with Gasteiger partial charge in [0.15, 0.2) is 0 Å². The van der Waals surface area contributed by atoms with Gasteiger partial charge in [0.2, 0.25) is 0 Å². The summed E-state index contributed by atoms with van der Waals surface area (Å²) in [4.78, 5) is 22.1. The number of hydrogen-bond donors (Lipinski definition) is 1. The predicted octanol–water partition coefficient (Wildman–Crippen LogP) is 3.87. The molecule has 2 fully saturated rings. The molecule has 1 N–H and O–H groups in total. The lowest BCUT2D eigenvalue weighted by atomic mass is 9.68. The van der Waals surface area contributed by atoms with Crippen molar-refractivity contribution in [1.29, 1.82) is 5.26 Å². The summed E-state index contributed by atoms with van der Waals surface area (Å²) in [6, 6.07) is 9.81. The highest BCUT2D eigenvalue weighted by atomic mass is 32.2. The molecule has 2 aliphatic rings.